The van der Waals surface area contributed by atoms with Crippen LogP contribution in [-0.4, -0.2) is 43.4 Å². The molecule has 138 valence electrons. The van der Waals surface area contributed by atoms with Gasteiger partial charge in [-0.1, -0.05) is 30.3 Å². The number of carbonyl (C=O) groups is 1. The molecule has 3 N–H and O–H groups in total. The van der Waals surface area contributed by atoms with Crippen molar-refractivity contribution in [2.75, 3.05) is 13.2 Å². The summed E-state index contributed by atoms with van der Waals surface area (Å²) in [7, 11) is 0. The molecule has 0 radical (unpaired) electrons. The van der Waals surface area contributed by atoms with Crippen LogP contribution in [-0.2, 0) is 20.9 Å². The highest BCUT2D eigenvalue weighted by Gasteiger charge is 2.33. The predicted octanol–water partition coefficient (Wildman–Crippen LogP) is 1.37. The highest BCUT2D eigenvalue weighted by molar-refractivity contribution is 5.76. The molecule has 6 nitrogen and oxygen atoms in total. The number of ether oxygens (including phenoxy) is 2. The lowest BCUT2D eigenvalue weighted by molar-refractivity contribution is -0.127. The van der Waals surface area contributed by atoms with Gasteiger partial charge in [0.2, 0.25) is 5.91 Å². The molecule has 1 aromatic rings. The van der Waals surface area contributed by atoms with Crippen molar-refractivity contribution in [1.29, 1.82) is 0 Å². The van der Waals surface area contributed by atoms with Gasteiger partial charge in [-0.15, -0.1) is 0 Å². The van der Waals surface area contributed by atoms with Crippen LogP contribution in [0.4, 0.5) is 0 Å². The van der Waals surface area contributed by atoms with Gasteiger partial charge in [0, 0.05) is 31.0 Å². The van der Waals surface area contributed by atoms with Crippen molar-refractivity contribution >= 4 is 5.91 Å². The first-order valence-corrected chi connectivity index (χ1v) is 9.17. The van der Waals surface area contributed by atoms with Crippen LogP contribution in [0.3, 0.4) is 0 Å². The number of carbonyl (C=O) groups excluding carboxylic acids is 1. The zero-order valence-electron chi connectivity index (χ0n) is 15.0. The summed E-state index contributed by atoms with van der Waals surface area (Å²) in [6.07, 6.45) is 1.30. The third kappa shape index (κ3) is 5.01. The van der Waals surface area contributed by atoms with Crippen LogP contribution >= 0.6 is 0 Å². The lowest BCUT2D eigenvalue weighted by Gasteiger charge is -2.32. The highest BCUT2D eigenvalue weighted by Crippen LogP contribution is 2.19. The molecular weight excluding hydrogens is 318 g/mol. The third-order valence-electron chi connectivity index (χ3n) is 5.19. The number of hydrogen-bond acceptors (Lipinski definition) is 5. The Morgan fingerprint density at radius 2 is 1.96 bits per heavy atom. The molecule has 0 aromatic heterocycles. The zero-order chi connectivity index (χ0) is 17.6. The quantitative estimate of drug-likeness (QED) is 0.725. The van der Waals surface area contributed by atoms with Crippen LogP contribution in [0.2, 0.25) is 0 Å². The first-order chi connectivity index (χ1) is 12.1. The molecule has 3 rings (SSSR count). The van der Waals surface area contributed by atoms with Gasteiger partial charge in [0.05, 0.1) is 25.4 Å². The summed E-state index contributed by atoms with van der Waals surface area (Å²) >= 11 is 0. The molecular formula is C19H29N3O3. The minimum Gasteiger partial charge on any atom is -0.379 e. The Morgan fingerprint density at radius 3 is 2.68 bits per heavy atom. The van der Waals surface area contributed by atoms with Crippen molar-refractivity contribution in [3.05, 3.63) is 35.9 Å². The van der Waals surface area contributed by atoms with Gasteiger partial charge in [-0.25, -0.2) is 0 Å². The molecule has 0 saturated carbocycles. The van der Waals surface area contributed by atoms with E-state index in [2.05, 4.69) is 42.1 Å². The average molecular weight is 347 g/mol. The smallest absolute Gasteiger partial charge is 0.220 e. The number of hydrazine groups is 1. The molecule has 1 aromatic carbocycles. The van der Waals surface area contributed by atoms with Crippen LogP contribution in [0.15, 0.2) is 30.3 Å². The van der Waals surface area contributed by atoms with Crippen molar-refractivity contribution in [1.82, 2.24) is 16.2 Å². The SMILES string of the molecule is CC1NNC(C)C1CC(=O)N[C@@H]1COCC[C@@H]1OCc1ccccc1. The second-order valence-corrected chi connectivity index (χ2v) is 7.11. The van der Waals surface area contributed by atoms with Gasteiger partial charge in [0.25, 0.3) is 0 Å². The third-order valence-corrected chi connectivity index (χ3v) is 5.19. The normalized spacial score (nSPS) is 32.5. The van der Waals surface area contributed by atoms with Crippen molar-refractivity contribution in [3.8, 4) is 0 Å². The molecule has 4 atom stereocenters. The summed E-state index contributed by atoms with van der Waals surface area (Å²) in [4.78, 5) is 12.5. The van der Waals surface area contributed by atoms with Gasteiger partial charge < -0.3 is 14.8 Å². The van der Waals surface area contributed by atoms with E-state index in [1.807, 2.05) is 18.2 Å². The van der Waals surface area contributed by atoms with E-state index in [9.17, 15) is 4.79 Å². The van der Waals surface area contributed by atoms with E-state index < -0.39 is 0 Å². The van der Waals surface area contributed by atoms with Gasteiger partial charge in [0.15, 0.2) is 0 Å². The Hall–Kier alpha value is -1.47. The number of hydrogen-bond donors (Lipinski definition) is 3. The Bertz CT molecular complexity index is 544. The van der Waals surface area contributed by atoms with Gasteiger partial charge in [-0.05, 0) is 25.8 Å². The van der Waals surface area contributed by atoms with Crippen molar-refractivity contribution in [2.24, 2.45) is 5.92 Å². The minimum atomic E-state index is -0.0853. The first-order valence-electron chi connectivity index (χ1n) is 9.17. The molecule has 6 heteroatoms. The molecule has 2 aliphatic rings. The van der Waals surface area contributed by atoms with E-state index in [0.29, 0.717) is 26.2 Å². The largest absolute Gasteiger partial charge is 0.379 e. The fraction of sp³-hybridized carbons (Fsp3) is 0.632. The number of rotatable bonds is 6. The second kappa shape index (κ2) is 8.76. The number of amides is 1. The average Bonchev–Trinajstić information content (AvgIpc) is 2.94. The lowest BCUT2D eigenvalue weighted by Crippen LogP contribution is -2.51. The monoisotopic (exact) mass is 347 g/mol. The van der Waals surface area contributed by atoms with Crippen LogP contribution in [0.1, 0.15) is 32.3 Å². The van der Waals surface area contributed by atoms with E-state index in [4.69, 9.17) is 9.47 Å². The first kappa shape index (κ1) is 18.3. The summed E-state index contributed by atoms with van der Waals surface area (Å²) in [5.74, 6) is 0.353. The van der Waals surface area contributed by atoms with Gasteiger partial charge in [0.1, 0.15) is 0 Å². The molecule has 2 aliphatic heterocycles. The van der Waals surface area contributed by atoms with E-state index >= 15 is 0 Å². The standard InChI is InChI=1S/C19H29N3O3/c1-13-16(14(2)22-21-13)10-19(23)20-17-12-24-9-8-18(17)25-11-15-6-4-3-5-7-15/h3-7,13-14,16-18,21-22H,8-12H2,1-2H3,(H,20,23)/t13?,14?,16?,17-,18+/m1/s1. The van der Waals surface area contributed by atoms with Crippen LogP contribution in [0, 0.1) is 5.92 Å². The number of nitrogens with one attached hydrogen (secondary N) is 3. The molecule has 0 bridgehead atoms. The summed E-state index contributed by atoms with van der Waals surface area (Å²) in [5, 5.41) is 3.13. The van der Waals surface area contributed by atoms with Crippen molar-refractivity contribution in [3.63, 3.8) is 0 Å². The Labute approximate surface area is 149 Å². The highest BCUT2D eigenvalue weighted by atomic mass is 16.5. The second-order valence-electron chi connectivity index (χ2n) is 7.11. The van der Waals surface area contributed by atoms with Crippen molar-refractivity contribution in [2.45, 2.75) is 57.5 Å². The molecule has 25 heavy (non-hydrogen) atoms. The summed E-state index contributed by atoms with van der Waals surface area (Å²) in [6, 6.07) is 10.6. The van der Waals surface area contributed by atoms with E-state index in [1.54, 1.807) is 0 Å². The van der Waals surface area contributed by atoms with Crippen LogP contribution < -0.4 is 16.2 Å². The van der Waals surface area contributed by atoms with E-state index in [1.165, 1.54) is 0 Å². The maximum absolute atomic E-state index is 12.5. The number of benzene rings is 1. The molecule has 2 fully saturated rings. The fourth-order valence-electron chi connectivity index (χ4n) is 3.57. The maximum Gasteiger partial charge on any atom is 0.220 e. The maximum atomic E-state index is 12.5. The topological polar surface area (TPSA) is 71.6 Å². The van der Waals surface area contributed by atoms with Crippen molar-refractivity contribution < 1.29 is 14.3 Å². The summed E-state index contributed by atoms with van der Waals surface area (Å²) in [5.41, 5.74) is 7.54. The fourth-order valence-corrected chi connectivity index (χ4v) is 3.57. The van der Waals surface area contributed by atoms with Gasteiger partial charge in [-0.2, -0.15) is 0 Å². The van der Waals surface area contributed by atoms with E-state index in [0.717, 1.165) is 12.0 Å². The van der Waals surface area contributed by atoms with Crippen LogP contribution in [0.25, 0.3) is 0 Å². The summed E-state index contributed by atoms with van der Waals surface area (Å²) < 4.78 is 11.6. The molecule has 0 spiro atoms. The lowest BCUT2D eigenvalue weighted by atomic mass is 9.92. The summed E-state index contributed by atoms with van der Waals surface area (Å²) in [6.45, 7) is 5.95. The van der Waals surface area contributed by atoms with E-state index in [-0.39, 0.29) is 36.1 Å². The molecule has 0 aliphatic carbocycles. The Balaban J connectivity index is 1.51. The predicted molar refractivity (Wildman–Crippen MR) is 95.7 cm³/mol. The minimum absolute atomic E-state index is 0.00687. The Kier molecular flexibility index (Phi) is 6.42. The zero-order valence-corrected chi connectivity index (χ0v) is 15.0. The van der Waals surface area contributed by atoms with Crippen LogP contribution in [0.5, 0.6) is 0 Å². The molecule has 2 unspecified atom stereocenters. The Morgan fingerprint density at radius 1 is 1.24 bits per heavy atom. The molecule has 2 heterocycles. The van der Waals surface area contributed by atoms with Gasteiger partial charge in [-0.3, -0.25) is 15.6 Å². The molecule has 2 saturated heterocycles. The molecule has 1 amide bonds. The van der Waals surface area contributed by atoms with Gasteiger partial charge >= 0.3 is 0 Å².